The van der Waals surface area contributed by atoms with Gasteiger partial charge in [0.15, 0.2) is 0 Å². The van der Waals surface area contributed by atoms with Crippen molar-refractivity contribution in [2.45, 2.75) is 78.1 Å². The summed E-state index contributed by atoms with van der Waals surface area (Å²) in [4.78, 5) is 0. The molecule has 0 heterocycles. The number of hydrogen-bond acceptors (Lipinski definition) is 2. The van der Waals surface area contributed by atoms with Crippen molar-refractivity contribution in [2.75, 3.05) is 6.61 Å². The van der Waals surface area contributed by atoms with Gasteiger partial charge in [0.2, 0.25) is 0 Å². The first-order chi connectivity index (χ1) is 9.57. The van der Waals surface area contributed by atoms with Gasteiger partial charge in [-0.05, 0) is 46.8 Å². The summed E-state index contributed by atoms with van der Waals surface area (Å²) < 4.78 is 0. The van der Waals surface area contributed by atoms with E-state index in [0.29, 0.717) is 5.75 Å². The lowest BCUT2D eigenvalue weighted by Crippen LogP contribution is -2.17. The van der Waals surface area contributed by atoms with Gasteiger partial charge in [-0.3, -0.25) is 0 Å². The summed E-state index contributed by atoms with van der Waals surface area (Å²) in [5.74, 6) is 0.458. The predicted octanol–water partition coefficient (Wildman–Crippen LogP) is 4.69. The third-order valence-corrected chi connectivity index (χ3v) is 3.97. The maximum absolute atomic E-state index is 10.6. The lowest BCUT2D eigenvalue weighted by atomic mass is 9.78. The highest BCUT2D eigenvalue weighted by Crippen LogP contribution is 2.38. The van der Waals surface area contributed by atoms with E-state index < -0.39 is 0 Å². The molecule has 1 aromatic rings. The zero-order valence-electron chi connectivity index (χ0n) is 14.6. The van der Waals surface area contributed by atoms with Crippen LogP contribution in [0.3, 0.4) is 0 Å². The van der Waals surface area contributed by atoms with Gasteiger partial charge >= 0.3 is 0 Å². The molecule has 21 heavy (non-hydrogen) atoms. The predicted molar refractivity (Wildman–Crippen MR) is 90.1 cm³/mol. The van der Waals surface area contributed by atoms with Crippen molar-refractivity contribution in [1.29, 1.82) is 0 Å². The van der Waals surface area contributed by atoms with E-state index >= 15 is 0 Å². The zero-order chi connectivity index (χ0) is 16.3. The second-order valence-corrected chi connectivity index (χ2v) is 8.07. The molecule has 2 nitrogen and oxygen atoms in total. The molecule has 0 aliphatic heterocycles. The molecule has 0 bridgehead atoms. The lowest BCUT2D eigenvalue weighted by Gasteiger charge is -2.27. The second kappa shape index (κ2) is 6.83. The molecule has 0 radical (unpaired) electrons. The highest BCUT2D eigenvalue weighted by Gasteiger charge is 2.24. The average Bonchev–Trinajstić information content (AvgIpc) is 2.33. The van der Waals surface area contributed by atoms with E-state index in [-0.39, 0.29) is 17.4 Å². The smallest absolute Gasteiger partial charge is 0.122 e. The number of unbranched alkanes of at least 4 members (excludes halogenated alkanes) is 2. The third kappa shape index (κ3) is 5.03. The molecule has 0 saturated carbocycles. The van der Waals surface area contributed by atoms with Crippen molar-refractivity contribution in [2.24, 2.45) is 0 Å². The van der Waals surface area contributed by atoms with E-state index in [4.69, 9.17) is 5.11 Å². The Labute approximate surface area is 130 Å². The summed E-state index contributed by atoms with van der Waals surface area (Å²) in [5.41, 5.74) is 3.37. The molecule has 1 rings (SSSR count). The molecule has 0 aliphatic carbocycles. The highest BCUT2D eigenvalue weighted by molar-refractivity contribution is 5.48. The number of benzene rings is 1. The Balaban J connectivity index is 3.16. The summed E-state index contributed by atoms with van der Waals surface area (Å²) in [6.07, 6.45) is 3.72. The number of aliphatic hydroxyl groups is 1. The molecule has 1 aromatic carbocycles. The van der Waals surface area contributed by atoms with Crippen molar-refractivity contribution in [3.63, 3.8) is 0 Å². The normalized spacial score (nSPS) is 12.7. The van der Waals surface area contributed by atoms with Crippen LogP contribution < -0.4 is 0 Å². The van der Waals surface area contributed by atoms with E-state index in [1.165, 1.54) is 5.56 Å². The first kappa shape index (κ1) is 18.0. The fourth-order valence-electron chi connectivity index (χ4n) is 2.49. The van der Waals surface area contributed by atoms with Gasteiger partial charge in [0.25, 0.3) is 0 Å². The molecular formula is C19H32O2. The van der Waals surface area contributed by atoms with Crippen LogP contribution in [-0.2, 0) is 17.3 Å². The minimum absolute atomic E-state index is 0.0643. The van der Waals surface area contributed by atoms with E-state index in [9.17, 15) is 5.11 Å². The fraction of sp³-hybridized carbons (Fsp3) is 0.684. The van der Waals surface area contributed by atoms with Gasteiger partial charge in [-0.2, -0.15) is 0 Å². The van der Waals surface area contributed by atoms with Crippen LogP contribution >= 0.6 is 0 Å². The molecule has 2 heteroatoms. The van der Waals surface area contributed by atoms with Crippen LogP contribution in [0.2, 0.25) is 0 Å². The SMILES string of the molecule is CC(C)(C)c1cc(CCCCCO)c(O)c(C(C)(C)C)c1. The van der Waals surface area contributed by atoms with Gasteiger partial charge in [-0.15, -0.1) is 0 Å². The summed E-state index contributed by atoms with van der Waals surface area (Å²) in [7, 11) is 0. The van der Waals surface area contributed by atoms with E-state index in [0.717, 1.165) is 36.8 Å². The maximum Gasteiger partial charge on any atom is 0.122 e. The van der Waals surface area contributed by atoms with Crippen LogP contribution in [0.25, 0.3) is 0 Å². The number of phenols is 1. The molecule has 0 saturated heterocycles. The average molecular weight is 292 g/mol. The van der Waals surface area contributed by atoms with Gasteiger partial charge in [-0.1, -0.05) is 60.1 Å². The molecule has 0 aromatic heterocycles. The number of phenolic OH excluding ortho intramolecular Hbond substituents is 1. The van der Waals surface area contributed by atoms with Crippen molar-refractivity contribution in [3.05, 3.63) is 28.8 Å². The Hall–Kier alpha value is -1.02. The number of rotatable bonds is 5. The monoisotopic (exact) mass is 292 g/mol. The quantitative estimate of drug-likeness (QED) is 0.773. The van der Waals surface area contributed by atoms with Crippen molar-refractivity contribution in [1.82, 2.24) is 0 Å². The van der Waals surface area contributed by atoms with Crippen molar-refractivity contribution in [3.8, 4) is 5.75 Å². The van der Waals surface area contributed by atoms with E-state index in [2.05, 4.69) is 53.7 Å². The third-order valence-electron chi connectivity index (χ3n) is 3.97. The van der Waals surface area contributed by atoms with Crippen LogP contribution in [0.5, 0.6) is 5.75 Å². The van der Waals surface area contributed by atoms with Crippen LogP contribution in [0, 0.1) is 0 Å². The standard InChI is InChI=1S/C19H32O2/c1-18(2,3)15-12-14(10-8-7-9-11-20)17(21)16(13-15)19(4,5)6/h12-13,20-21H,7-11H2,1-6H3. The summed E-state index contributed by atoms with van der Waals surface area (Å²) in [6.45, 7) is 13.3. The second-order valence-electron chi connectivity index (χ2n) is 8.07. The van der Waals surface area contributed by atoms with Crippen molar-refractivity contribution >= 4 is 0 Å². The van der Waals surface area contributed by atoms with Crippen LogP contribution in [0.4, 0.5) is 0 Å². The first-order valence-corrected chi connectivity index (χ1v) is 8.05. The largest absolute Gasteiger partial charge is 0.507 e. The fourth-order valence-corrected chi connectivity index (χ4v) is 2.49. The van der Waals surface area contributed by atoms with E-state index in [1.807, 2.05) is 0 Å². The van der Waals surface area contributed by atoms with Crippen LogP contribution in [0.1, 0.15) is 77.5 Å². The number of hydrogen-bond donors (Lipinski definition) is 2. The molecule has 0 atom stereocenters. The summed E-state index contributed by atoms with van der Waals surface area (Å²) in [5, 5.41) is 19.5. The Bertz CT molecular complexity index is 462. The van der Waals surface area contributed by atoms with E-state index in [1.54, 1.807) is 0 Å². The number of aryl methyl sites for hydroxylation is 1. The van der Waals surface area contributed by atoms with Gasteiger partial charge in [-0.25, -0.2) is 0 Å². The molecule has 0 spiro atoms. The van der Waals surface area contributed by atoms with Gasteiger partial charge < -0.3 is 10.2 Å². The topological polar surface area (TPSA) is 40.5 Å². The zero-order valence-corrected chi connectivity index (χ0v) is 14.6. The van der Waals surface area contributed by atoms with Gasteiger partial charge in [0, 0.05) is 6.61 Å². The Kier molecular flexibility index (Phi) is 5.86. The minimum atomic E-state index is -0.0643. The summed E-state index contributed by atoms with van der Waals surface area (Å²) >= 11 is 0. The number of aliphatic hydroxyl groups excluding tert-OH is 1. The maximum atomic E-state index is 10.6. The Morgan fingerprint density at radius 2 is 1.48 bits per heavy atom. The van der Waals surface area contributed by atoms with Crippen LogP contribution in [-0.4, -0.2) is 16.8 Å². The Morgan fingerprint density at radius 1 is 0.857 bits per heavy atom. The summed E-state index contributed by atoms with van der Waals surface area (Å²) in [6, 6.07) is 4.32. The highest BCUT2D eigenvalue weighted by atomic mass is 16.3. The van der Waals surface area contributed by atoms with Crippen LogP contribution in [0.15, 0.2) is 12.1 Å². The molecule has 0 unspecified atom stereocenters. The molecular weight excluding hydrogens is 260 g/mol. The van der Waals surface area contributed by atoms with Gasteiger partial charge in [0.1, 0.15) is 5.75 Å². The lowest BCUT2D eigenvalue weighted by molar-refractivity contribution is 0.283. The molecule has 0 amide bonds. The van der Waals surface area contributed by atoms with Crippen molar-refractivity contribution < 1.29 is 10.2 Å². The molecule has 0 fully saturated rings. The molecule has 120 valence electrons. The number of aromatic hydroxyl groups is 1. The molecule has 0 aliphatic rings. The molecule has 2 N–H and O–H groups in total. The first-order valence-electron chi connectivity index (χ1n) is 8.05. The minimum Gasteiger partial charge on any atom is -0.507 e. The Morgan fingerprint density at radius 3 is 1.95 bits per heavy atom. The van der Waals surface area contributed by atoms with Gasteiger partial charge in [0.05, 0.1) is 0 Å².